The van der Waals surface area contributed by atoms with Crippen LogP contribution in [-0.4, -0.2) is 20.2 Å². The minimum Gasteiger partial charge on any atom is -0.363 e. The Morgan fingerprint density at radius 1 is 1.19 bits per heavy atom. The van der Waals surface area contributed by atoms with Crippen molar-refractivity contribution in [1.82, 2.24) is 20.2 Å². The average Bonchev–Trinajstić information content (AvgIpc) is 3.15. The van der Waals surface area contributed by atoms with Gasteiger partial charge in [0.25, 0.3) is 0 Å². The Kier molecular flexibility index (Phi) is 2.84. The molecule has 0 amide bonds. The second-order valence-electron chi connectivity index (χ2n) is 5.60. The first-order valence-electron chi connectivity index (χ1n) is 7.33. The number of H-pyrrole nitrogens is 1. The zero-order valence-electron chi connectivity index (χ0n) is 11.9. The average molecular weight is 279 g/mol. The van der Waals surface area contributed by atoms with Crippen LogP contribution in [0.1, 0.15) is 36.1 Å². The van der Waals surface area contributed by atoms with Crippen LogP contribution in [0.15, 0.2) is 30.7 Å². The predicted octanol–water partition coefficient (Wildman–Crippen LogP) is 3.01. The molecule has 5 nitrogen and oxygen atoms in total. The molecule has 2 N–H and O–H groups in total. The molecular weight excluding hydrogens is 262 g/mol. The van der Waals surface area contributed by atoms with Crippen LogP contribution in [0, 0.1) is 0 Å². The molecule has 0 bridgehead atoms. The molecule has 1 atom stereocenters. The van der Waals surface area contributed by atoms with E-state index in [1.807, 2.05) is 0 Å². The number of fused-ring (bicyclic) bond motifs is 2. The first kappa shape index (κ1) is 12.3. The van der Waals surface area contributed by atoms with E-state index in [1.54, 1.807) is 12.5 Å². The second-order valence-corrected chi connectivity index (χ2v) is 5.60. The zero-order valence-corrected chi connectivity index (χ0v) is 11.9. The molecule has 1 aliphatic rings. The molecular formula is C16H17N5. The highest BCUT2D eigenvalue weighted by Gasteiger charge is 2.14. The number of hydrogen-bond acceptors (Lipinski definition) is 4. The molecule has 106 valence electrons. The molecule has 0 fully saturated rings. The first-order valence-corrected chi connectivity index (χ1v) is 7.33. The number of aryl methyl sites for hydroxylation is 2. The van der Waals surface area contributed by atoms with Gasteiger partial charge < -0.3 is 5.32 Å². The van der Waals surface area contributed by atoms with Gasteiger partial charge in [-0.15, -0.1) is 0 Å². The molecule has 1 aliphatic carbocycles. The van der Waals surface area contributed by atoms with Crippen molar-refractivity contribution in [2.75, 3.05) is 5.32 Å². The molecule has 0 unspecified atom stereocenters. The van der Waals surface area contributed by atoms with Gasteiger partial charge in [0.05, 0.1) is 11.6 Å². The third-order valence-corrected chi connectivity index (χ3v) is 4.22. The topological polar surface area (TPSA) is 66.5 Å². The number of aromatic amines is 1. The van der Waals surface area contributed by atoms with E-state index >= 15 is 0 Å². The lowest BCUT2D eigenvalue weighted by molar-refractivity contribution is 0.871. The highest BCUT2D eigenvalue weighted by Crippen LogP contribution is 2.27. The van der Waals surface area contributed by atoms with Gasteiger partial charge in [-0.3, -0.25) is 5.10 Å². The summed E-state index contributed by atoms with van der Waals surface area (Å²) in [5.41, 5.74) is 5.06. The molecule has 0 saturated carbocycles. The fourth-order valence-electron chi connectivity index (χ4n) is 3.03. The lowest BCUT2D eigenvalue weighted by Gasteiger charge is -2.16. The molecule has 0 aliphatic heterocycles. The summed E-state index contributed by atoms with van der Waals surface area (Å²) in [5.74, 6) is 0.821. The Balaban J connectivity index is 1.63. The minimum atomic E-state index is 0.198. The lowest BCUT2D eigenvalue weighted by Crippen LogP contribution is -2.09. The van der Waals surface area contributed by atoms with Gasteiger partial charge in [0.15, 0.2) is 5.65 Å². The summed E-state index contributed by atoms with van der Waals surface area (Å²) in [4.78, 5) is 8.49. The summed E-state index contributed by atoms with van der Waals surface area (Å²) in [7, 11) is 0. The van der Waals surface area contributed by atoms with Crippen molar-refractivity contribution >= 4 is 16.9 Å². The van der Waals surface area contributed by atoms with E-state index in [0.717, 1.165) is 16.9 Å². The van der Waals surface area contributed by atoms with E-state index in [1.165, 1.54) is 36.0 Å². The summed E-state index contributed by atoms with van der Waals surface area (Å²) < 4.78 is 0. The van der Waals surface area contributed by atoms with Crippen molar-refractivity contribution in [2.45, 2.75) is 32.2 Å². The molecule has 2 aromatic heterocycles. The van der Waals surface area contributed by atoms with E-state index in [-0.39, 0.29) is 6.04 Å². The van der Waals surface area contributed by atoms with Gasteiger partial charge >= 0.3 is 0 Å². The third-order valence-electron chi connectivity index (χ3n) is 4.22. The largest absolute Gasteiger partial charge is 0.363 e. The smallest absolute Gasteiger partial charge is 0.160 e. The molecule has 5 heteroatoms. The van der Waals surface area contributed by atoms with Crippen molar-refractivity contribution < 1.29 is 0 Å². The summed E-state index contributed by atoms with van der Waals surface area (Å²) in [5, 5.41) is 11.3. The normalized spacial score (nSPS) is 15.1. The molecule has 3 aromatic rings. The number of rotatable bonds is 3. The Morgan fingerprint density at radius 2 is 2.10 bits per heavy atom. The van der Waals surface area contributed by atoms with E-state index in [9.17, 15) is 0 Å². The molecule has 2 heterocycles. The molecule has 4 rings (SSSR count). The van der Waals surface area contributed by atoms with E-state index < -0.39 is 0 Å². The van der Waals surface area contributed by atoms with Crippen LogP contribution in [-0.2, 0) is 12.8 Å². The van der Waals surface area contributed by atoms with Gasteiger partial charge in [-0.1, -0.05) is 18.2 Å². The van der Waals surface area contributed by atoms with Crippen LogP contribution in [0.2, 0.25) is 0 Å². The van der Waals surface area contributed by atoms with Gasteiger partial charge in [0.1, 0.15) is 12.1 Å². The summed E-state index contributed by atoms with van der Waals surface area (Å²) in [6.45, 7) is 2.16. The van der Waals surface area contributed by atoms with Gasteiger partial charge in [-0.25, -0.2) is 9.97 Å². The third kappa shape index (κ3) is 2.14. The first-order chi connectivity index (χ1) is 10.3. The van der Waals surface area contributed by atoms with Crippen LogP contribution in [0.4, 0.5) is 5.82 Å². The highest BCUT2D eigenvalue weighted by atomic mass is 15.2. The van der Waals surface area contributed by atoms with Gasteiger partial charge in [-0.2, -0.15) is 5.10 Å². The number of anilines is 1. The monoisotopic (exact) mass is 279 g/mol. The maximum absolute atomic E-state index is 4.33. The van der Waals surface area contributed by atoms with Crippen LogP contribution >= 0.6 is 0 Å². The number of nitrogens with zero attached hydrogens (tertiary/aromatic N) is 3. The second kappa shape index (κ2) is 4.84. The number of aromatic nitrogens is 4. The van der Waals surface area contributed by atoms with Gasteiger partial charge in [0, 0.05) is 6.04 Å². The van der Waals surface area contributed by atoms with E-state index in [2.05, 4.69) is 50.6 Å². The fourth-order valence-corrected chi connectivity index (χ4v) is 3.03. The van der Waals surface area contributed by atoms with Crippen LogP contribution in [0.5, 0.6) is 0 Å². The predicted molar refractivity (Wildman–Crippen MR) is 82.2 cm³/mol. The minimum absolute atomic E-state index is 0.198. The Bertz CT molecular complexity index is 792. The van der Waals surface area contributed by atoms with Crippen LogP contribution < -0.4 is 5.32 Å². The standard InChI is InChI=1S/C16H17N5/c1-10(12-6-5-11-3-2-4-13(11)7-12)20-15-14-8-19-21-16(14)18-9-17-15/h5-10H,2-4H2,1H3,(H2,17,18,19,20,21)/t10-/m1/s1. The Labute approximate surface area is 122 Å². The molecule has 0 radical (unpaired) electrons. The van der Waals surface area contributed by atoms with E-state index in [4.69, 9.17) is 0 Å². The van der Waals surface area contributed by atoms with Crippen molar-refractivity contribution in [3.05, 3.63) is 47.4 Å². The van der Waals surface area contributed by atoms with Crippen molar-refractivity contribution in [3.8, 4) is 0 Å². The molecule has 0 saturated heterocycles. The van der Waals surface area contributed by atoms with Gasteiger partial charge in [-0.05, 0) is 42.9 Å². The summed E-state index contributed by atoms with van der Waals surface area (Å²) in [6, 6.07) is 7.01. The van der Waals surface area contributed by atoms with Crippen molar-refractivity contribution in [1.29, 1.82) is 0 Å². The molecule has 21 heavy (non-hydrogen) atoms. The summed E-state index contributed by atoms with van der Waals surface area (Å²) >= 11 is 0. The maximum atomic E-state index is 4.33. The Morgan fingerprint density at radius 3 is 3.05 bits per heavy atom. The van der Waals surface area contributed by atoms with Crippen LogP contribution in [0.3, 0.4) is 0 Å². The number of hydrogen-bond donors (Lipinski definition) is 2. The quantitative estimate of drug-likeness (QED) is 0.773. The van der Waals surface area contributed by atoms with E-state index in [0.29, 0.717) is 0 Å². The fraction of sp³-hybridized carbons (Fsp3) is 0.312. The van der Waals surface area contributed by atoms with Crippen molar-refractivity contribution in [2.24, 2.45) is 0 Å². The van der Waals surface area contributed by atoms with Crippen LogP contribution in [0.25, 0.3) is 11.0 Å². The molecule has 0 spiro atoms. The molecule has 1 aromatic carbocycles. The number of benzene rings is 1. The lowest BCUT2D eigenvalue weighted by atomic mass is 10.0. The Hall–Kier alpha value is -2.43. The maximum Gasteiger partial charge on any atom is 0.160 e. The van der Waals surface area contributed by atoms with Crippen molar-refractivity contribution in [3.63, 3.8) is 0 Å². The summed E-state index contributed by atoms with van der Waals surface area (Å²) in [6.07, 6.45) is 7.02. The highest BCUT2D eigenvalue weighted by molar-refractivity contribution is 5.85. The number of nitrogens with one attached hydrogen (secondary N) is 2. The van der Waals surface area contributed by atoms with Gasteiger partial charge in [0.2, 0.25) is 0 Å². The SMILES string of the molecule is C[C@@H](Nc1ncnc2[nH]ncc12)c1ccc2c(c1)CCC2. The zero-order chi connectivity index (χ0) is 14.2.